The van der Waals surface area contributed by atoms with Gasteiger partial charge in [-0.15, -0.1) is 11.3 Å². The van der Waals surface area contributed by atoms with E-state index in [0.717, 1.165) is 31.5 Å². The van der Waals surface area contributed by atoms with Crippen molar-refractivity contribution in [2.45, 2.75) is 38.5 Å². The number of benzene rings is 1. The van der Waals surface area contributed by atoms with Crippen LogP contribution in [0.25, 0.3) is 10.7 Å². The number of sulfonamides is 1. The molecule has 0 N–H and O–H groups in total. The first-order valence-corrected chi connectivity index (χ1v) is 13.0. The number of aryl methyl sites for hydroxylation is 3. The average molecular weight is 473 g/mol. The van der Waals surface area contributed by atoms with Crippen LogP contribution in [0, 0.1) is 13.8 Å². The molecule has 1 saturated heterocycles. The topological polar surface area (TPSA) is 75.5 Å². The molecule has 0 saturated carbocycles. The van der Waals surface area contributed by atoms with E-state index in [9.17, 15) is 13.2 Å². The fraction of sp³-hybridized carbons (Fsp3) is 0.391. The smallest absolute Gasteiger partial charge is 0.265 e. The van der Waals surface area contributed by atoms with Crippen LogP contribution in [0.3, 0.4) is 0 Å². The van der Waals surface area contributed by atoms with E-state index in [1.165, 1.54) is 15.6 Å². The highest BCUT2D eigenvalue weighted by molar-refractivity contribution is 7.92. The molecule has 0 bridgehead atoms. The molecule has 170 valence electrons. The molecule has 1 fully saturated rings. The molecule has 4 rings (SSSR count). The number of anilines is 1. The quantitative estimate of drug-likeness (QED) is 0.538. The fourth-order valence-corrected chi connectivity index (χ4v) is 6.69. The Labute approximate surface area is 193 Å². The van der Waals surface area contributed by atoms with Crippen molar-refractivity contribution in [1.82, 2.24) is 14.5 Å². The van der Waals surface area contributed by atoms with Crippen LogP contribution < -0.4 is 4.31 Å². The van der Waals surface area contributed by atoms with Gasteiger partial charge in [-0.3, -0.25) is 9.10 Å². The van der Waals surface area contributed by atoms with Crippen molar-refractivity contribution in [2.24, 2.45) is 7.05 Å². The molecule has 32 heavy (non-hydrogen) atoms. The molecule has 1 aromatic carbocycles. The van der Waals surface area contributed by atoms with Crippen LogP contribution in [0.4, 0.5) is 5.69 Å². The highest BCUT2D eigenvalue weighted by atomic mass is 32.2. The maximum Gasteiger partial charge on any atom is 0.265 e. The van der Waals surface area contributed by atoms with Gasteiger partial charge in [-0.05, 0) is 57.4 Å². The molecule has 2 aromatic heterocycles. The van der Waals surface area contributed by atoms with E-state index in [-0.39, 0.29) is 10.8 Å². The van der Waals surface area contributed by atoms with E-state index in [4.69, 9.17) is 0 Å². The minimum atomic E-state index is -3.75. The summed E-state index contributed by atoms with van der Waals surface area (Å²) in [6.07, 6.45) is 3.68. The Morgan fingerprint density at radius 2 is 1.91 bits per heavy atom. The third-order valence-corrected chi connectivity index (χ3v) is 8.78. The zero-order valence-corrected chi connectivity index (χ0v) is 20.5. The van der Waals surface area contributed by atoms with E-state index in [1.807, 2.05) is 43.9 Å². The molecule has 0 spiro atoms. The Morgan fingerprint density at radius 1 is 1.19 bits per heavy atom. The molecule has 9 heteroatoms. The van der Waals surface area contributed by atoms with Crippen LogP contribution in [0.15, 0.2) is 41.4 Å². The SMILES string of the molecule is CCN(c1cccc(C)c1)S(=O)(=O)c1cc(-c2nc(C)c(C(=O)N3CCCC3)s2)n(C)c1. The van der Waals surface area contributed by atoms with Gasteiger partial charge in [0.2, 0.25) is 0 Å². The molecule has 1 aliphatic rings. The summed E-state index contributed by atoms with van der Waals surface area (Å²) in [5, 5.41) is 0.646. The van der Waals surface area contributed by atoms with Crippen molar-refractivity contribution < 1.29 is 13.2 Å². The van der Waals surface area contributed by atoms with E-state index in [0.29, 0.717) is 33.5 Å². The highest BCUT2D eigenvalue weighted by Gasteiger charge is 2.28. The number of rotatable bonds is 6. The number of hydrogen-bond donors (Lipinski definition) is 0. The first kappa shape index (κ1) is 22.5. The summed E-state index contributed by atoms with van der Waals surface area (Å²) < 4.78 is 30.1. The van der Waals surface area contributed by atoms with Gasteiger partial charge in [-0.1, -0.05) is 12.1 Å². The third-order valence-electron chi connectivity index (χ3n) is 5.75. The number of likely N-dealkylation sites (tertiary alicyclic amines) is 1. The summed E-state index contributed by atoms with van der Waals surface area (Å²) in [7, 11) is -1.95. The van der Waals surface area contributed by atoms with Gasteiger partial charge in [0.05, 0.1) is 17.1 Å². The number of carbonyl (C=O) groups excluding carboxylic acids is 1. The Kier molecular flexibility index (Phi) is 6.13. The van der Waals surface area contributed by atoms with Crippen molar-refractivity contribution in [3.8, 4) is 10.7 Å². The highest BCUT2D eigenvalue weighted by Crippen LogP contribution is 2.33. The summed E-state index contributed by atoms with van der Waals surface area (Å²) in [4.78, 5) is 20.2. The molecule has 0 aliphatic carbocycles. The van der Waals surface area contributed by atoms with E-state index < -0.39 is 10.0 Å². The van der Waals surface area contributed by atoms with Crippen molar-refractivity contribution in [3.05, 3.63) is 52.7 Å². The number of amides is 1. The molecular weight excluding hydrogens is 444 g/mol. The molecule has 1 aliphatic heterocycles. The Hall–Kier alpha value is -2.65. The second-order valence-corrected chi connectivity index (χ2v) is 11.0. The Bertz CT molecular complexity index is 1250. The van der Waals surface area contributed by atoms with Crippen LogP contribution in [-0.2, 0) is 17.1 Å². The molecule has 3 heterocycles. The van der Waals surface area contributed by atoms with Crippen molar-refractivity contribution in [2.75, 3.05) is 23.9 Å². The minimum Gasteiger partial charge on any atom is -0.347 e. The van der Waals surface area contributed by atoms with Crippen LogP contribution in [-0.4, -0.2) is 48.4 Å². The minimum absolute atomic E-state index is 0.0161. The summed E-state index contributed by atoms with van der Waals surface area (Å²) in [5.74, 6) is 0.0161. The number of carbonyl (C=O) groups is 1. The molecular formula is C23H28N4O3S2. The van der Waals surface area contributed by atoms with Gasteiger partial charge in [0.1, 0.15) is 14.8 Å². The second kappa shape index (κ2) is 8.71. The first-order valence-electron chi connectivity index (χ1n) is 10.7. The van der Waals surface area contributed by atoms with Crippen LogP contribution >= 0.6 is 11.3 Å². The lowest BCUT2D eigenvalue weighted by Gasteiger charge is -2.22. The van der Waals surface area contributed by atoms with Crippen molar-refractivity contribution >= 4 is 33.0 Å². The molecule has 3 aromatic rings. The lowest BCUT2D eigenvalue weighted by Crippen LogP contribution is -2.30. The van der Waals surface area contributed by atoms with Gasteiger partial charge < -0.3 is 9.47 Å². The molecule has 1 amide bonds. The van der Waals surface area contributed by atoms with E-state index in [1.54, 1.807) is 29.9 Å². The fourth-order valence-electron chi connectivity index (χ4n) is 4.06. The maximum absolute atomic E-state index is 13.5. The molecule has 0 radical (unpaired) electrons. The van der Waals surface area contributed by atoms with Crippen LogP contribution in [0.5, 0.6) is 0 Å². The van der Waals surface area contributed by atoms with Gasteiger partial charge in [0, 0.05) is 32.9 Å². The standard InChI is InChI=1S/C23H28N4O3S2/c1-5-27(18-10-8-9-16(2)13-18)32(29,30)19-14-20(25(4)15-19)22-24-17(3)21(31-22)23(28)26-11-6-7-12-26/h8-10,13-15H,5-7,11-12H2,1-4H3. The third kappa shape index (κ3) is 4.06. The predicted molar refractivity (Wildman–Crippen MR) is 128 cm³/mol. The molecule has 0 unspecified atom stereocenters. The number of thiazole rings is 1. The Balaban J connectivity index is 1.68. The second-order valence-electron chi connectivity index (χ2n) is 8.11. The lowest BCUT2D eigenvalue weighted by molar-refractivity contribution is 0.0796. The average Bonchev–Trinajstić information content (AvgIpc) is 3.48. The zero-order valence-electron chi connectivity index (χ0n) is 18.8. The molecule has 7 nitrogen and oxygen atoms in total. The number of nitrogens with zero attached hydrogens (tertiary/aromatic N) is 4. The summed E-state index contributed by atoms with van der Waals surface area (Å²) >= 11 is 1.33. The number of hydrogen-bond acceptors (Lipinski definition) is 5. The van der Waals surface area contributed by atoms with E-state index in [2.05, 4.69) is 4.98 Å². The summed E-state index contributed by atoms with van der Waals surface area (Å²) in [6.45, 7) is 7.48. The monoisotopic (exact) mass is 472 g/mol. The van der Waals surface area contributed by atoms with Gasteiger partial charge in [-0.2, -0.15) is 0 Å². The van der Waals surface area contributed by atoms with E-state index >= 15 is 0 Å². The zero-order chi connectivity index (χ0) is 23.0. The Morgan fingerprint density at radius 3 is 2.56 bits per heavy atom. The maximum atomic E-state index is 13.5. The van der Waals surface area contributed by atoms with Crippen LogP contribution in [0.2, 0.25) is 0 Å². The number of aromatic nitrogens is 2. The van der Waals surface area contributed by atoms with Crippen molar-refractivity contribution in [1.29, 1.82) is 0 Å². The van der Waals surface area contributed by atoms with Gasteiger partial charge in [-0.25, -0.2) is 13.4 Å². The largest absolute Gasteiger partial charge is 0.347 e. The van der Waals surface area contributed by atoms with Crippen molar-refractivity contribution in [3.63, 3.8) is 0 Å². The van der Waals surface area contributed by atoms with Crippen LogP contribution in [0.1, 0.15) is 40.7 Å². The first-order chi connectivity index (χ1) is 15.2. The van der Waals surface area contributed by atoms with Gasteiger partial charge in [0.15, 0.2) is 0 Å². The molecule has 0 atom stereocenters. The predicted octanol–water partition coefficient (Wildman–Crippen LogP) is 4.22. The van der Waals surface area contributed by atoms with Gasteiger partial charge in [0.25, 0.3) is 15.9 Å². The normalized spacial score (nSPS) is 14.2. The summed E-state index contributed by atoms with van der Waals surface area (Å²) in [6, 6.07) is 9.12. The summed E-state index contributed by atoms with van der Waals surface area (Å²) in [5.41, 5.74) is 3.00. The lowest BCUT2D eigenvalue weighted by atomic mass is 10.2. The van der Waals surface area contributed by atoms with Gasteiger partial charge >= 0.3 is 0 Å².